The van der Waals surface area contributed by atoms with Crippen LogP contribution in [-0.2, 0) is 10.0 Å². The molecule has 0 saturated carbocycles. The summed E-state index contributed by atoms with van der Waals surface area (Å²) in [6.07, 6.45) is 1.40. The summed E-state index contributed by atoms with van der Waals surface area (Å²) in [5, 5.41) is 7.45. The molecule has 0 aliphatic carbocycles. The lowest BCUT2D eigenvalue weighted by atomic mass is 10.1. The summed E-state index contributed by atoms with van der Waals surface area (Å²) in [6.45, 7) is 10.2. The van der Waals surface area contributed by atoms with Crippen LogP contribution in [0.2, 0.25) is 0 Å². The molecule has 2 heterocycles. The molecule has 1 N–H and O–H groups in total. The molecule has 0 spiro atoms. The topological polar surface area (TPSA) is 115 Å². The zero-order chi connectivity index (χ0) is 23.5. The number of rotatable bonds is 9. The first-order valence-corrected chi connectivity index (χ1v) is 12.0. The standard InChI is InChI=1S/C22H28N4O5S/c1-6-26(7-2)32(28,29)19-12-16(9-10-18(19)30-8-3)24-21(27)15-11-17-20(14(4)5)25-31-22(17)23-13-15/h9-14H,6-8H2,1-5H3,(H,24,27). The highest BCUT2D eigenvalue weighted by Gasteiger charge is 2.26. The van der Waals surface area contributed by atoms with Gasteiger partial charge in [0.05, 0.1) is 23.3 Å². The van der Waals surface area contributed by atoms with Crippen molar-refractivity contribution in [1.29, 1.82) is 0 Å². The summed E-state index contributed by atoms with van der Waals surface area (Å²) in [5.41, 5.74) is 1.72. The van der Waals surface area contributed by atoms with Gasteiger partial charge in [-0.1, -0.05) is 32.9 Å². The van der Waals surface area contributed by atoms with E-state index in [9.17, 15) is 13.2 Å². The Bertz CT molecular complexity index is 1220. The lowest BCUT2D eigenvalue weighted by molar-refractivity contribution is 0.102. The average Bonchev–Trinajstić information content (AvgIpc) is 3.19. The first-order chi connectivity index (χ1) is 15.2. The van der Waals surface area contributed by atoms with Gasteiger partial charge in [0.1, 0.15) is 10.6 Å². The Labute approximate surface area is 187 Å². The van der Waals surface area contributed by atoms with E-state index in [0.717, 1.165) is 5.69 Å². The second kappa shape index (κ2) is 9.66. The van der Waals surface area contributed by atoms with Crippen molar-refractivity contribution in [2.24, 2.45) is 0 Å². The molecule has 0 aliphatic rings. The van der Waals surface area contributed by atoms with Crippen LogP contribution >= 0.6 is 0 Å². The van der Waals surface area contributed by atoms with E-state index < -0.39 is 15.9 Å². The molecule has 10 heteroatoms. The first kappa shape index (κ1) is 23.7. The molecule has 1 amide bonds. The maximum Gasteiger partial charge on any atom is 0.257 e. The molecule has 0 saturated heterocycles. The molecule has 0 radical (unpaired) electrons. The molecule has 1 aromatic carbocycles. The predicted molar refractivity (Wildman–Crippen MR) is 122 cm³/mol. The van der Waals surface area contributed by atoms with E-state index in [4.69, 9.17) is 9.26 Å². The number of hydrogen-bond acceptors (Lipinski definition) is 7. The Morgan fingerprint density at radius 2 is 1.91 bits per heavy atom. The summed E-state index contributed by atoms with van der Waals surface area (Å²) in [4.78, 5) is 17.1. The van der Waals surface area contributed by atoms with Crippen LogP contribution in [0.25, 0.3) is 11.1 Å². The molecule has 0 aliphatic heterocycles. The normalized spacial score (nSPS) is 12.0. The Balaban J connectivity index is 1.96. The van der Waals surface area contributed by atoms with Crippen molar-refractivity contribution >= 4 is 32.7 Å². The van der Waals surface area contributed by atoms with Crippen LogP contribution in [0.4, 0.5) is 5.69 Å². The summed E-state index contributed by atoms with van der Waals surface area (Å²) in [6, 6.07) is 6.25. The molecule has 172 valence electrons. The third-order valence-corrected chi connectivity index (χ3v) is 7.06. The second-order valence-electron chi connectivity index (χ2n) is 7.44. The van der Waals surface area contributed by atoms with E-state index in [0.29, 0.717) is 42.0 Å². The highest BCUT2D eigenvalue weighted by Crippen LogP contribution is 2.30. The Morgan fingerprint density at radius 1 is 1.19 bits per heavy atom. The van der Waals surface area contributed by atoms with Crippen LogP contribution in [-0.4, -0.2) is 48.5 Å². The molecule has 0 bridgehead atoms. The molecular weight excluding hydrogens is 432 g/mol. The number of anilines is 1. The first-order valence-electron chi connectivity index (χ1n) is 10.6. The van der Waals surface area contributed by atoms with E-state index in [1.807, 2.05) is 13.8 Å². The number of pyridine rings is 1. The summed E-state index contributed by atoms with van der Waals surface area (Å²) in [7, 11) is -3.79. The number of fused-ring (bicyclic) bond motifs is 1. The van der Waals surface area contributed by atoms with Crippen molar-refractivity contribution in [2.75, 3.05) is 25.0 Å². The SMILES string of the molecule is CCOc1ccc(NC(=O)c2cnc3onc(C(C)C)c3c2)cc1S(=O)(=O)N(CC)CC. The monoisotopic (exact) mass is 460 g/mol. The fourth-order valence-electron chi connectivity index (χ4n) is 3.36. The second-order valence-corrected chi connectivity index (χ2v) is 9.34. The fourth-order valence-corrected chi connectivity index (χ4v) is 4.97. The van der Waals surface area contributed by atoms with Crippen molar-refractivity contribution < 1.29 is 22.5 Å². The molecule has 3 aromatic rings. The van der Waals surface area contributed by atoms with Gasteiger partial charge in [0.25, 0.3) is 11.6 Å². The zero-order valence-electron chi connectivity index (χ0n) is 18.9. The van der Waals surface area contributed by atoms with Crippen LogP contribution in [0.1, 0.15) is 56.6 Å². The van der Waals surface area contributed by atoms with Gasteiger partial charge in [0, 0.05) is 25.0 Å². The molecule has 3 rings (SSSR count). The van der Waals surface area contributed by atoms with Crippen molar-refractivity contribution in [2.45, 2.75) is 45.4 Å². The predicted octanol–water partition coefficient (Wildman–Crippen LogP) is 4.03. The van der Waals surface area contributed by atoms with E-state index >= 15 is 0 Å². The number of nitrogens with one attached hydrogen (secondary N) is 1. The molecule has 0 unspecified atom stereocenters. The number of hydrogen-bond donors (Lipinski definition) is 1. The molecule has 2 aromatic heterocycles. The van der Waals surface area contributed by atoms with Crippen molar-refractivity contribution in [1.82, 2.24) is 14.4 Å². The number of amides is 1. The van der Waals surface area contributed by atoms with E-state index in [-0.39, 0.29) is 16.6 Å². The van der Waals surface area contributed by atoms with Gasteiger partial charge in [-0.15, -0.1) is 0 Å². The molecule has 0 atom stereocenters. The third-order valence-electron chi connectivity index (χ3n) is 4.99. The Hall–Kier alpha value is -2.98. The van der Waals surface area contributed by atoms with Crippen LogP contribution in [0.5, 0.6) is 5.75 Å². The minimum absolute atomic E-state index is 0.00977. The van der Waals surface area contributed by atoms with Gasteiger partial charge in [-0.25, -0.2) is 13.4 Å². The molecular formula is C22H28N4O5S. The third kappa shape index (κ3) is 4.61. The van der Waals surface area contributed by atoms with Gasteiger partial charge in [0.15, 0.2) is 0 Å². The molecule has 9 nitrogen and oxygen atoms in total. The average molecular weight is 461 g/mol. The highest BCUT2D eigenvalue weighted by molar-refractivity contribution is 7.89. The Morgan fingerprint density at radius 3 is 2.53 bits per heavy atom. The van der Waals surface area contributed by atoms with Crippen LogP contribution < -0.4 is 10.1 Å². The summed E-state index contributed by atoms with van der Waals surface area (Å²) in [5.74, 6) is -0.0764. The fraction of sp³-hybridized carbons (Fsp3) is 0.409. The number of sulfonamides is 1. The number of carbonyl (C=O) groups is 1. The number of aromatic nitrogens is 2. The Kier molecular flexibility index (Phi) is 7.15. The van der Waals surface area contributed by atoms with E-state index in [1.54, 1.807) is 39.0 Å². The number of carbonyl (C=O) groups excluding carboxylic acids is 1. The van der Waals surface area contributed by atoms with Gasteiger partial charge < -0.3 is 14.6 Å². The minimum atomic E-state index is -3.79. The van der Waals surface area contributed by atoms with Crippen molar-refractivity contribution in [3.05, 3.63) is 41.7 Å². The van der Waals surface area contributed by atoms with Crippen molar-refractivity contribution in [3.63, 3.8) is 0 Å². The number of benzene rings is 1. The smallest absolute Gasteiger partial charge is 0.257 e. The summed E-state index contributed by atoms with van der Waals surface area (Å²) >= 11 is 0. The lowest BCUT2D eigenvalue weighted by Gasteiger charge is -2.21. The van der Waals surface area contributed by atoms with E-state index in [2.05, 4.69) is 15.5 Å². The van der Waals surface area contributed by atoms with Crippen LogP contribution in [0, 0.1) is 0 Å². The van der Waals surface area contributed by atoms with Gasteiger partial charge in [-0.05, 0) is 37.1 Å². The van der Waals surface area contributed by atoms with Gasteiger partial charge in [-0.3, -0.25) is 4.79 Å². The summed E-state index contributed by atoms with van der Waals surface area (Å²) < 4.78 is 38.3. The zero-order valence-corrected chi connectivity index (χ0v) is 19.7. The molecule has 0 fully saturated rings. The van der Waals surface area contributed by atoms with Crippen LogP contribution in [0.15, 0.2) is 39.9 Å². The maximum atomic E-state index is 13.1. The highest BCUT2D eigenvalue weighted by atomic mass is 32.2. The van der Waals surface area contributed by atoms with E-state index in [1.165, 1.54) is 16.6 Å². The minimum Gasteiger partial charge on any atom is -0.492 e. The quantitative estimate of drug-likeness (QED) is 0.513. The maximum absolute atomic E-state index is 13.1. The number of nitrogens with zero attached hydrogens (tertiary/aromatic N) is 3. The largest absolute Gasteiger partial charge is 0.492 e. The molecule has 32 heavy (non-hydrogen) atoms. The van der Waals surface area contributed by atoms with Crippen LogP contribution in [0.3, 0.4) is 0 Å². The van der Waals surface area contributed by atoms with Gasteiger partial charge >= 0.3 is 0 Å². The van der Waals surface area contributed by atoms with Gasteiger partial charge in [-0.2, -0.15) is 4.31 Å². The lowest BCUT2D eigenvalue weighted by Crippen LogP contribution is -2.31. The number of ether oxygens (including phenoxy) is 1. The van der Waals surface area contributed by atoms with Crippen molar-refractivity contribution in [3.8, 4) is 5.75 Å². The van der Waals surface area contributed by atoms with Gasteiger partial charge in [0.2, 0.25) is 10.0 Å².